The predicted octanol–water partition coefficient (Wildman–Crippen LogP) is -1.10. The Kier molecular flexibility index (Phi) is 1.27. The van der Waals surface area contributed by atoms with Gasteiger partial charge < -0.3 is 14.9 Å². The van der Waals surface area contributed by atoms with Crippen LogP contribution in [-0.4, -0.2) is 29.0 Å². The van der Waals surface area contributed by atoms with E-state index in [4.69, 9.17) is 10.2 Å². The highest BCUT2D eigenvalue weighted by molar-refractivity contribution is 4.80. The zero-order valence-electron chi connectivity index (χ0n) is 3.74. The zero-order valence-corrected chi connectivity index (χ0v) is 3.74. The minimum atomic E-state index is -0.778. The van der Waals surface area contributed by atoms with Crippen molar-refractivity contribution in [2.24, 2.45) is 0 Å². The van der Waals surface area contributed by atoms with E-state index in [-0.39, 0.29) is 6.61 Å². The lowest BCUT2D eigenvalue weighted by atomic mass is 10.3. The van der Waals surface area contributed by atoms with Crippen molar-refractivity contribution < 1.29 is 14.9 Å². The SMILES string of the molecule is O[C@@H]1[CH]OC[C@H]1O. The van der Waals surface area contributed by atoms with Gasteiger partial charge in [-0.15, -0.1) is 0 Å². The van der Waals surface area contributed by atoms with Crippen LogP contribution >= 0.6 is 0 Å². The van der Waals surface area contributed by atoms with Crippen LogP contribution in [0.4, 0.5) is 0 Å². The molecule has 1 aliphatic heterocycles. The van der Waals surface area contributed by atoms with Crippen LogP contribution in [0, 0.1) is 6.61 Å². The molecule has 1 saturated heterocycles. The van der Waals surface area contributed by atoms with E-state index in [0.29, 0.717) is 0 Å². The molecule has 1 rings (SSSR count). The van der Waals surface area contributed by atoms with Crippen molar-refractivity contribution in [3.05, 3.63) is 6.61 Å². The van der Waals surface area contributed by atoms with E-state index in [9.17, 15) is 0 Å². The van der Waals surface area contributed by atoms with Gasteiger partial charge in [0.05, 0.1) is 6.61 Å². The molecule has 7 heavy (non-hydrogen) atoms. The first-order chi connectivity index (χ1) is 3.30. The van der Waals surface area contributed by atoms with Gasteiger partial charge in [-0.1, -0.05) is 0 Å². The lowest BCUT2D eigenvalue weighted by molar-refractivity contribution is 0.0635. The lowest BCUT2D eigenvalue weighted by Gasteiger charge is -1.99. The van der Waals surface area contributed by atoms with Crippen LogP contribution in [0.5, 0.6) is 0 Å². The van der Waals surface area contributed by atoms with E-state index in [1.165, 1.54) is 6.61 Å². The lowest BCUT2D eigenvalue weighted by Crippen LogP contribution is -2.20. The van der Waals surface area contributed by atoms with Crippen molar-refractivity contribution in [3.63, 3.8) is 0 Å². The molecule has 0 spiro atoms. The van der Waals surface area contributed by atoms with Gasteiger partial charge in [0.15, 0.2) is 0 Å². The van der Waals surface area contributed by atoms with Crippen LogP contribution in [0.3, 0.4) is 0 Å². The Labute approximate surface area is 41.5 Å². The van der Waals surface area contributed by atoms with Crippen LogP contribution in [-0.2, 0) is 4.74 Å². The van der Waals surface area contributed by atoms with Gasteiger partial charge in [0.1, 0.15) is 18.8 Å². The topological polar surface area (TPSA) is 49.7 Å². The van der Waals surface area contributed by atoms with Gasteiger partial charge in [0.25, 0.3) is 0 Å². The van der Waals surface area contributed by atoms with Gasteiger partial charge in [0, 0.05) is 0 Å². The van der Waals surface area contributed by atoms with Crippen molar-refractivity contribution in [2.45, 2.75) is 12.2 Å². The van der Waals surface area contributed by atoms with Crippen molar-refractivity contribution in [3.8, 4) is 0 Å². The normalized spacial score (nSPS) is 42.0. The van der Waals surface area contributed by atoms with Gasteiger partial charge >= 0.3 is 0 Å². The summed E-state index contributed by atoms with van der Waals surface area (Å²) in [4.78, 5) is 0. The molecule has 0 amide bonds. The van der Waals surface area contributed by atoms with E-state index in [1.807, 2.05) is 0 Å². The molecule has 0 saturated carbocycles. The Balaban J connectivity index is 2.33. The average molecular weight is 103 g/mol. The molecule has 1 radical (unpaired) electrons. The second-order valence-corrected chi connectivity index (χ2v) is 1.53. The predicted molar refractivity (Wildman–Crippen MR) is 22.3 cm³/mol. The standard InChI is InChI=1S/C4H7O3/c5-3-1-7-2-4(3)6/h1,3-6H,2H2/t3-,4-/m1/s1. The van der Waals surface area contributed by atoms with Gasteiger partial charge in [-0.25, -0.2) is 0 Å². The molecular formula is C4H7O3. The highest BCUT2D eigenvalue weighted by Crippen LogP contribution is 2.07. The Bertz CT molecular complexity index is 56.0. The molecule has 1 aliphatic rings. The first-order valence-corrected chi connectivity index (χ1v) is 2.12. The fourth-order valence-electron chi connectivity index (χ4n) is 0.442. The third kappa shape index (κ3) is 0.907. The molecule has 41 valence electrons. The number of aliphatic hydroxyl groups excluding tert-OH is 2. The maximum absolute atomic E-state index is 8.59. The molecule has 2 atom stereocenters. The maximum Gasteiger partial charge on any atom is 0.115 e. The van der Waals surface area contributed by atoms with Crippen molar-refractivity contribution in [2.75, 3.05) is 6.61 Å². The summed E-state index contributed by atoms with van der Waals surface area (Å²) in [6, 6.07) is 0. The van der Waals surface area contributed by atoms with Crippen molar-refractivity contribution in [1.82, 2.24) is 0 Å². The molecule has 1 fully saturated rings. The summed E-state index contributed by atoms with van der Waals surface area (Å²) >= 11 is 0. The monoisotopic (exact) mass is 103 g/mol. The minimum Gasteiger partial charge on any atom is -0.388 e. The molecule has 0 aromatic rings. The van der Waals surface area contributed by atoms with Gasteiger partial charge in [-0.05, 0) is 0 Å². The summed E-state index contributed by atoms with van der Waals surface area (Å²) in [5, 5.41) is 17.2. The number of rotatable bonds is 0. The summed E-state index contributed by atoms with van der Waals surface area (Å²) < 4.78 is 4.54. The molecule has 0 aromatic carbocycles. The summed E-state index contributed by atoms with van der Waals surface area (Å²) in [6.45, 7) is 1.45. The third-order valence-electron chi connectivity index (χ3n) is 0.897. The van der Waals surface area contributed by atoms with E-state index in [1.54, 1.807) is 0 Å². The summed E-state index contributed by atoms with van der Waals surface area (Å²) in [7, 11) is 0. The van der Waals surface area contributed by atoms with Crippen LogP contribution in [0.1, 0.15) is 0 Å². The summed E-state index contributed by atoms with van der Waals surface area (Å²) in [5.41, 5.74) is 0. The molecule has 3 nitrogen and oxygen atoms in total. The quantitative estimate of drug-likeness (QED) is 0.409. The molecular weight excluding hydrogens is 96.0 g/mol. The molecule has 3 heteroatoms. The van der Waals surface area contributed by atoms with E-state index in [0.717, 1.165) is 0 Å². The molecule has 2 N–H and O–H groups in total. The first kappa shape index (κ1) is 5.03. The van der Waals surface area contributed by atoms with Gasteiger partial charge in [-0.3, -0.25) is 0 Å². The number of aliphatic hydroxyl groups is 2. The summed E-state index contributed by atoms with van der Waals surface area (Å²) in [6.07, 6.45) is -1.49. The van der Waals surface area contributed by atoms with Crippen LogP contribution in [0.2, 0.25) is 0 Å². The van der Waals surface area contributed by atoms with E-state index in [2.05, 4.69) is 4.74 Å². The first-order valence-electron chi connectivity index (χ1n) is 2.12. The average Bonchev–Trinajstić information content (AvgIpc) is 1.91. The van der Waals surface area contributed by atoms with Crippen molar-refractivity contribution >= 4 is 0 Å². The van der Waals surface area contributed by atoms with E-state index >= 15 is 0 Å². The van der Waals surface area contributed by atoms with Gasteiger partial charge in [-0.2, -0.15) is 0 Å². The Morgan fingerprint density at radius 2 is 2.29 bits per heavy atom. The Morgan fingerprint density at radius 3 is 2.43 bits per heavy atom. The fraction of sp³-hybridized carbons (Fsp3) is 0.750. The van der Waals surface area contributed by atoms with E-state index < -0.39 is 12.2 Å². The Hall–Kier alpha value is -0.120. The number of hydrogen-bond donors (Lipinski definition) is 2. The smallest absolute Gasteiger partial charge is 0.115 e. The Morgan fingerprint density at radius 1 is 1.57 bits per heavy atom. The zero-order chi connectivity index (χ0) is 5.28. The second kappa shape index (κ2) is 1.78. The molecule has 1 heterocycles. The molecule has 0 aliphatic carbocycles. The number of hydrogen-bond acceptors (Lipinski definition) is 3. The third-order valence-corrected chi connectivity index (χ3v) is 0.897. The molecule has 0 unspecified atom stereocenters. The molecule has 0 aromatic heterocycles. The number of ether oxygens (including phenoxy) is 1. The van der Waals surface area contributed by atoms with Crippen LogP contribution < -0.4 is 0 Å². The largest absolute Gasteiger partial charge is 0.388 e. The van der Waals surface area contributed by atoms with Crippen LogP contribution in [0.25, 0.3) is 0 Å². The summed E-state index contributed by atoms with van der Waals surface area (Å²) in [5.74, 6) is 0. The van der Waals surface area contributed by atoms with Crippen molar-refractivity contribution in [1.29, 1.82) is 0 Å². The minimum absolute atomic E-state index is 0.223. The van der Waals surface area contributed by atoms with Crippen LogP contribution in [0.15, 0.2) is 0 Å². The highest BCUT2D eigenvalue weighted by Gasteiger charge is 2.23. The van der Waals surface area contributed by atoms with Gasteiger partial charge in [0.2, 0.25) is 0 Å². The molecule has 0 bridgehead atoms. The highest BCUT2D eigenvalue weighted by atomic mass is 16.5. The maximum atomic E-state index is 8.59. The fourth-order valence-corrected chi connectivity index (χ4v) is 0.442. The second-order valence-electron chi connectivity index (χ2n) is 1.53.